The number of rotatable bonds is 8. The SMILES string of the molecule is COc1ccc(CNCC2CCCO2)cc1OCc1ccccc1. The molecule has 1 aliphatic heterocycles. The van der Waals surface area contributed by atoms with E-state index < -0.39 is 0 Å². The lowest BCUT2D eigenvalue weighted by molar-refractivity contribution is 0.110. The first-order valence-corrected chi connectivity index (χ1v) is 8.51. The maximum absolute atomic E-state index is 5.96. The second-order valence-electron chi connectivity index (χ2n) is 6.03. The van der Waals surface area contributed by atoms with Crippen LogP contribution in [0.25, 0.3) is 0 Å². The highest BCUT2D eigenvalue weighted by molar-refractivity contribution is 5.43. The molecule has 3 rings (SSSR count). The van der Waals surface area contributed by atoms with E-state index in [9.17, 15) is 0 Å². The fourth-order valence-electron chi connectivity index (χ4n) is 2.86. The molecule has 0 bridgehead atoms. The molecule has 1 fully saturated rings. The van der Waals surface area contributed by atoms with Crippen molar-refractivity contribution in [3.05, 3.63) is 59.7 Å². The molecule has 1 unspecified atom stereocenters. The predicted molar refractivity (Wildman–Crippen MR) is 94.4 cm³/mol. The Balaban J connectivity index is 1.57. The predicted octanol–water partition coefficient (Wildman–Crippen LogP) is 3.54. The van der Waals surface area contributed by atoms with Gasteiger partial charge in [0.15, 0.2) is 11.5 Å². The van der Waals surface area contributed by atoms with Crippen molar-refractivity contribution in [2.24, 2.45) is 0 Å². The fraction of sp³-hybridized carbons (Fsp3) is 0.400. The molecule has 0 amide bonds. The molecular formula is C20H25NO3. The molecule has 4 heteroatoms. The quantitative estimate of drug-likeness (QED) is 0.805. The Bertz CT molecular complexity index is 624. The van der Waals surface area contributed by atoms with E-state index in [1.807, 2.05) is 30.3 Å². The Kier molecular flexibility index (Phi) is 6.10. The maximum atomic E-state index is 5.96. The topological polar surface area (TPSA) is 39.7 Å². The summed E-state index contributed by atoms with van der Waals surface area (Å²) in [6, 6.07) is 16.2. The Hall–Kier alpha value is -2.04. The van der Waals surface area contributed by atoms with Crippen LogP contribution < -0.4 is 14.8 Å². The molecule has 2 aromatic rings. The first kappa shape index (κ1) is 16.8. The first-order chi connectivity index (χ1) is 11.8. The summed E-state index contributed by atoms with van der Waals surface area (Å²) >= 11 is 0. The Morgan fingerprint density at radius 2 is 1.96 bits per heavy atom. The lowest BCUT2D eigenvalue weighted by atomic mass is 10.2. The number of methoxy groups -OCH3 is 1. The van der Waals surface area contributed by atoms with Crippen LogP contribution >= 0.6 is 0 Å². The molecule has 1 aliphatic rings. The summed E-state index contributed by atoms with van der Waals surface area (Å²) in [5.41, 5.74) is 2.32. The van der Waals surface area contributed by atoms with Crippen LogP contribution in [0.5, 0.6) is 11.5 Å². The van der Waals surface area contributed by atoms with Crippen LogP contribution in [-0.2, 0) is 17.9 Å². The van der Waals surface area contributed by atoms with E-state index in [0.717, 1.165) is 43.2 Å². The van der Waals surface area contributed by atoms with Gasteiger partial charge in [0, 0.05) is 19.7 Å². The molecule has 1 atom stereocenters. The van der Waals surface area contributed by atoms with Crippen LogP contribution in [0.3, 0.4) is 0 Å². The van der Waals surface area contributed by atoms with Gasteiger partial charge in [0.25, 0.3) is 0 Å². The molecule has 0 aliphatic carbocycles. The van der Waals surface area contributed by atoms with Crippen molar-refractivity contribution < 1.29 is 14.2 Å². The van der Waals surface area contributed by atoms with Crippen molar-refractivity contribution in [3.8, 4) is 11.5 Å². The standard InChI is InChI=1S/C20H25NO3/c1-22-19-10-9-17(13-21-14-18-8-5-11-23-18)12-20(19)24-15-16-6-3-2-4-7-16/h2-4,6-7,9-10,12,18,21H,5,8,11,13-15H2,1H3. The van der Waals surface area contributed by atoms with Crippen LogP contribution in [0.4, 0.5) is 0 Å². The van der Waals surface area contributed by atoms with Crippen LogP contribution in [0.2, 0.25) is 0 Å². The van der Waals surface area contributed by atoms with Gasteiger partial charge < -0.3 is 19.5 Å². The summed E-state index contributed by atoms with van der Waals surface area (Å²) in [6.45, 7) is 3.12. The molecule has 0 aromatic heterocycles. The van der Waals surface area contributed by atoms with E-state index in [0.29, 0.717) is 12.7 Å². The van der Waals surface area contributed by atoms with Crippen LogP contribution in [0.1, 0.15) is 24.0 Å². The summed E-state index contributed by atoms with van der Waals surface area (Å²) in [6.07, 6.45) is 2.69. The van der Waals surface area contributed by atoms with Gasteiger partial charge in [-0.1, -0.05) is 36.4 Å². The van der Waals surface area contributed by atoms with Gasteiger partial charge in [-0.25, -0.2) is 0 Å². The highest BCUT2D eigenvalue weighted by atomic mass is 16.5. The van der Waals surface area contributed by atoms with Crippen molar-refractivity contribution in [1.82, 2.24) is 5.32 Å². The molecule has 128 valence electrons. The lowest BCUT2D eigenvalue weighted by Gasteiger charge is -2.14. The van der Waals surface area contributed by atoms with Crippen molar-refractivity contribution in [2.75, 3.05) is 20.3 Å². The van der Waals surface area contributed by atoms with Gasteiger partial charge in [0.05, 0.1) is 13.2 Å². The minimum Gasteiger partial charge on any atom is -0.493 e. The zero-order valence-corrected chi connectivity index (χ0v) is 14.2. The summed E-state index contributed by atoms with van der Waals surface area (Å²) in [4.78, 5) is 0. The van der Waals surface area contributed by atoms with E-state index in [1.165, 1.54) is 12.0 Å². The highest BCUT2D eigenvalue weighted by Gasteiger charge is 2.14. The number of benzene rings is 2. The summed E-state index contributed by atoms with van der Waals surface area (Å²) in [7, 11) is 1.67. The summed E-state index contributed by atoms with van der Waals surface area (Å²) in [5.74, 6) is 1.53. The van der Waals surface area contributed by atoms with Crippen LogP contribution in [-0.4, -0.2) is 26.4 Å². The average molecular weight is 327 g/mol. The number of ether oxygens (including phenoxy) is 3. The third-order valence-electron chi connectivity index (χ3n) is 4.19. The maximum Gasteiger partial charge on any atom is 0.161 e. The average Bonchev–Trinajstić information content (AvgIpc) is 3.14. The second-order valence-corrected chi connectivity index (χ2v) is 6.03. The van der Waals surface area contributed by atoms with E-state index in [1.54, 1.807) is 7.11 Å². The van der Waals surface area contributed by atoms with Crippen molar-refractivity contribution in [2.45, 2.75) is 32.1 Å². The number of hydrogen-bond donors (Lipinski definition) is 1. The van der Waals surface area contributed by atoms with E-state index in [-0.39, 0.29) is 0 Å². The number of hydrogen-bond acceptors (Lipinski definition) is 4. The van der Waals surface area contributed by atoms with Crippen molar-refractivity contribution >= 4 is 0 Å². The zero-order chi connectivity index (χ0) is 16.6. The molecule has 1 heterocycles. The third kappa shape index (κ3) is 4.73. The smallest absolute Gasteiger partial charge is 0.161 e. The van der Waals surface area contributed by atoms with E-state index in [4.69, 9.17) is 14.2 Å². The molecule has 4 nitrogen and oxygen atoms in total. The van der Waals surface area contributed by atoms with Gasteiger partial charge in [0.1, 0.15) is 6.61 Å². The highest BCUT2D eigenvalue weighted by Crippen LogP contribution is 2.29. The van der Waals surface area contributed by atoms with Crippen LogP contribution in [0.15, 0.2) is 48.5 Å². The lowest BCUT2D eigenvalue weighted by Crippen LogP contribution is -2.25. The molecule has 1 saturated heterocycles. The Labute approximate surface area is 143 Å². The fourth-order valence-corrected chi connectivity index (χ4v) is 2.86. The normalized spacial score (nSPS) is 17.0. The summed E-state index contributed by atoms with van der Waals surface area (Å²) < 4.78 is 17.0. The van der Waals surface area contributed by atoms with E-state index >= 15 is 0 Å². The van der Waals surface area contributed by atoms with Gasteiger partial charge in [-0.2, -0.15) is 0 Å². The second kappa shape index (κ2) is 8.71. The minimum atomic E-state index is 0.358. The molecular weight excluding hydrogens is 302 g/mol. The van der Waals surface area contributed by atoms with E-state index in [2.05, 4.69) is 23.5 Å². The Morgan fingerprint density at radius 3 is 2.71 bits per heavy atom. The number of nitrogens with one attached hydrogen (secondary N) is 1. The molecule has 0 saturated carbocycles. The third-order valence-corrected chi connectivity index (χ3v) is 4.19. The minimum absolute atomic E-state index is 0.358. The molecule has 24 heavy (non-hydrogen) atoms. The summed E-state index contributed by atoms with van der Waals surface area (Å²) in [5, 5.41) is 3.46. The van der Waals surface area contributed by atoms with Crippen molar-refractivity contribution in [1.29, 1.82) is 0 Å². The molecule has 2 aromatic carbocycles. The molecule has 0 radical (unpaired) electrons. The monoisotopic (exact) mass is 327 g/mol. The zero-order valence-electron chi connectivity index (χ0n) is 14.2. The van der Waals surface area contributed by atoms with Gasteiger partial charge >= 0.3 is 0 Å². The van der Waals surface area contributed by atoms with Gasteiger partial charge in [0.2, 0.25) is 0 Å². The largest absolute Gasteiger partial charge is 0.493 e. The van der Waals surface area contributed by atoms with Crippen molar-refractivity contribution in [3.63, 3.8) is 0 Å². The molecule has 0 spiro atoms. The van der Waals surface area contributed by atoms with Gasteiger partial charge in [-0.15, -0.1) is 0 Å². The van der Waals surface area contributed by atoms with Crippen LogP contribution in [0, 0.1) is 0 Å². The van der Waals surface area contributed by atoms with Gasteiger partial charge in [-0.3, -0.25) is 0 Å². The molecule has 1 N–H and O–H groups in total. The Morgan fingerprint density at radius 1 is 1.08 bits per heavy atom. The first-order valence-electron chi connectivity index (χ1n) is 8.51. The van der Waals surface area contributed by atoms with Gasteiger partial charge in [-0.05, 0) is 36.1 Å².